The summed E-state index contributed by atoms with van der Waals surface area (Å²) in [5.74, 6) is -1.51. The number of aromatic carboxylic acids is 1. The fourth-order valence-electron chi connectivity index (χ4n) is 2.32. The molecule has 0 spiro atoms. The highest BCUT2D eigenvalue weighted by molar-refractivity contribution is 7.24. The maximum Gasteiger partial charge on any atom is 0.348 e. The first-order chi connectivity index (χ1) is 12.3. The molecule has 7 heteroatoms. The van der Waals surface area contributed by atoms with E-state index in [1.807, 2.05) is 19.1 Å². The number of amides is 1. The first kappa shape index (κ1) is 18.0. The quantitative estimate of drug-likeness (QED) is 0.610. The van der Waals surface area contributed by atoms with Gasteiger partial charge in [-0.25, -0.2) is 4.79 Å². The Morgan fingerprint density at radius 3 is 2.23 bits per heavy atom. The molecule has 0 aliphatic carbocycles. The van der Waals surface area contributed by atoms with E-state index in [4.69, 9.17) is 0 Å². The zero-order valence-electron chi connectivity index (χ0n) is 14.0. The van der Waals surface area contributed by atoms with Gasteiger partial charge in [0.1, 0.15) is 4.88 Å². The van der Waals surface area contributed by atoms with Crippen molar-refractivity contribution < 1.29 is 19.5 Å². The summed E-state index contributed by atoms with van der Waals surface area (Å²) in [4.78, 5) is 37.6. The standard InChI is InChI=1S/C19H15NO4S2/c1-10-3-5-12(6-4-10)18(22)20-13-9-16(26-17(13)19(23)24)15-8-7-14(25-15)11(2)21/h3-9H,1-2H3,(H,20,22)(H,23,24). The number of thiophene rings is 2. The van der Waals surface area contributed by atoms with Gasteiger partial charge in [0, 0.05) is 15.3 Å². The molecule has 1 amide bonds. The third-order valence-corrected chi connectivity index (χ3v) is 6.19. The number of carbonyl (C=O) groups is 3. The molecule has 0 saturated carbocycles. The van der Waals surface area contributed by atoms with Crippen LogP contribution in [0, 0.1) is 6.92 Å². The molecule has 0 aliphatic rings. The van der Waals surface area contributed by atoms with Crippen molar-refractivity contribution in [1.82, 2.24) is 0 Å². The molecule has 132 valence electrons. The maximum absolute atomic E-state index is 12.4. The van der Waals surface area contributed by atoms with Gasteiger partial charge in [0.05, 0.1) is 10.6 Å². The lowest BCUT2D eigenvalue weighted by molar-refractivity contribution is 0.0703. The number of anilines is 1. The summed E-state index contributed by atoms with van der Waals surface area (Å²) >= 11 is 2.37. The van der Waals surface area contributed by atoms with Crippen molar-refractivity contribution in [3.05, 3.63) is 63.3 Å². The molecule has 2 aromatic heterocycles. The Morgan fingerprint density at radius 1 is 0.962 bits per heavy atom. The van der Waals surface area contributed by atoms with Gasteiger partial charge in [-0.05, 0) is 44.2 Å². The number of aryl methyl sites for hydroxylation is 1. The fourth-order valence-corrected chi connectivity index (χ4v) is 4.26. The van der Waals surface area contributed by atoms with Crippen molar-refractivity contribution in [2.45, 2.75) is 13.8 Å². The van der Waals surface area contributed by atoms with Crippen LogP contribution in [0.5, 0.6) is 0 Å². The van der Waals surface area contributed by atoms with Gasteiger partial charge in [-0.1, -0.05) is 17.7 Å². The highest BCUT2D eigenvalue weighted by Gasteiger charge is 2.20. The van der Waals surface area contributed by atoms with Gasteiger partial charge in [0.25, 0.3) is 5.91 Å². The molecular weight excluding hydrogens is 370 g/mol. The van der Waals surface area contributed by atoms with E-state index in [0.717, 1.165) is 21.8 Å². The molecule has 0 radical (unpaired) electrons. The Labute approximate surface area is 157 Å². The summed E-state index contributed by atoms with van der Waals surface area (Å²) in [6.45, 7) is 3.41. The van der Waals surface area contributed by atoms with Gasteiger partial charge in [0.15, 0.2) is 5.78 Å². The van der Waals surface area contributed by atoms with Gasteiger partial charge in [-0.2, -0.15) is 0 Å². The molecule has 0 atom stereocenters. The minimum absolute atomic E-state index is 0.0378. The molecule has 0 bridgehead atoms. The largest absolute Gasteiger partial charge is 0.477 e. The molecule has 1 aromatic carbocycles. The first-order valence-electron chi connectivity index (χ1n) is 7.71. The number of rotatable bonds is 5. The summed E-state index contributed by atoms with van der Waals surface area (Å²) in [6, 6.07) is 12.2. The van der Waals surface area contributed by atoms with Gasteiger partial charge >= 0.3 is 5.97 Å². The average Bonchev–Trinajstić information content (AvgIpc) is 3.22. The van der Waals surface area contributed by atoms with Crippen LogP contribution in [0.3, 0.4) is 0 Å². The fraction of sp³-hybridized carbons (Fsp3) is 0.105. The predicted octanol–water partition coefficient (Wildman–Crippen LogP) is 4.94. The van der Waals surface area contributed by atoms with Crippen LogP contribution >= 0.6 is 22.7 Å². The van der Waals surface area contributed by atoms with Crippen LogP contribution in [0.2, 0.25) is 0 Å². The Hall–Kier alpha value is -2.77. The van der Waals surface area contributed by atoms with Gasteiger partial charge in [0.2, 0.25) is 0 Å². The second-order valence-corrected chi connectivity index (χ2v) is 7.83. The van der Waals surface area contributed by atoms with E-state index in [9.17, 15) is 19.5 Å². The lowest BCUT2D eigenvalue weighted by Crippen LogP contribution is -2.13. The molecule has 2 heterocycles. The lowest BCUT2D eigenvalue weighted by Gasteiger charge is -2.04. The Kier molecular flexibility index (Phi) is 5.01. The topological polar surface area (TPSA) is 83.5 Å². The number of nitrogens with one attached hydrogen (secondary N) is 1. The number of hydrogen-bond donors (Lipinski definition) is 2. The zero-order chi connectivity index (χ0) is 18.8. The third-order valence-electron chi connectivity index (χ3n) is 3.68. The van der Waals surface area contributed by atoms with E-state index in [1.165, 1.54) is 18.3 Å². The zero-order valence-corrected chi connectivity index (χ0v) is 15.7. The van der Waals surface area contributed by atoms with Crippen LogP contribution in [0.25, 0.3) is 9.75 Å². The van der Waals surface area contributed by atoms with Gasteiger partial charge in [-0.15, -0.1) is 22.7 Å². The maximum atomic E-state index is 12.4. The van der Waals surface area contributed by atoms with Crippen LogP contribution in [-0.2, 0) is 0 Å². The number of carbonyl (C=O) groups excluding carboxylic acids is 2. The molecule has 3 rings (SSSR count). The van der Waals surface area contributed by atoms with E-state index < -0.39 is 5.97 Å². The van der Waals surface area contributed by atoms with Crippen molar-refractivity contribution >= 4 is 46.0 Å². The highest BCUT2D eigenvalue weighted by Crippen LogP contribution is 2.38. The van der Waals surface area contributed by atoms with Gasteiger partial charge < -0.3 is 10.4 Å². The second-order valence-electron chi connectivity index (χ2n) is 5.70. The predicted molar refractivity (Wildman–Crippen MR) is 104 cm³/mol. The van der Waals surface area contributed by atoms with Crippen molar-refractivity contribution in [3.63, 3.8) is 0 Å². The molecule has 3 aromatic rings. The number of ketones is 1. The van der Waals surface area contributed by atoms with Crippen molar-refractivity contribution in [2.24, 2.45) is 0 Å². The van der Waals surface area contributed by atoms with Crippen LogP contribution in [0.15, 0.2) is 42.5 Å². The molecule has 0 saturated heterocycles. The molecule has 5 nitrogen and oxygen atoms in total. The van der Waals surface area contributed by atoms with Crippen molar-refractivity contribution in [1.29, 1.82) is 0 Å². The molecule has 2 N–H and O–H groups in total. The molecular formula is C19H15NO4S2. The smallest absolute Gasteiger partial charge is 0.348 e. The Bertz CT molecular complexity index is 999. The Balaban J connectivity index is 1.92. The summed E-state index contributed by atoms with van der Waals surface area (Å²) in [7, 11) is 0. The van der Waals surface area contributed by atoms with Crippen LogP contribution < -0.4 is 5.32 Å². The minimum Gasteiger partial charge on any atom is -0.477 e. The van der Waals surface area contributed by atoms with Gasteiger partial charge in [-0.3, -0.25) is 9.59 Å². The summed E-state index contributed by atoms with van der Waals surface area (Å²) in [5.41, 5.74) is 1.74. The Morgan fingerprint density at radius 2 is 1.65 bits per heavy atom. The van der Waals surface area contributed by atoms with Crippen molar-refractivity contribution in [3.8, 4) is 9.75 Å². The van der Waals surface area contributed by atoms with E-state index in [0.29, 0.717) is 15.3 Å². The van der Waals surface area contributed by atoms with Crippen LogP contribution in [0.1, 0.15) is 42.2 Å². The number of carboxylic acids is 1. The SMILES string of the molecule is CC(=O)c1ccc(-c2cc(NC(=O)c3ccc(C)cc3)c(C(=O)O)s2)s1. The van der Waals surface area contributed by atoms with E-state index in [1.54, 1.807) is 30.3 Å². The summed E-state index contributed by atoms with van der Waals surface area (Å²) < 4.78 is 0. The summed E-state index contributed by atoms with van der Waals surface area (Å²) in [6.07, 6.45) is 0. The monoisotopic (exact) mass is 385 g/mol. The van der Waals surface area contributed by atoms with E-state index in [-0.39, 0.29) is 22.3 Å². The molecule has 0 aliphatic heterocycles. The average molecular weight is 385 g/mol. The first-order valence-corrected chi connectivity index (χ1v) is 9.34. The number of carboxylic acid groups (broad SMARTS) is 1. The number of benzene rings is 1. The number of Topliss-reactive ketones (excluding diaryl/α,β-unsaturated/α-hetero) is 1. The molecule has 0 unspecified atom stereocenters. The lowest BCUT2D eigenvalue weighted by atomic mass is 10.1. The van der Waals surface area contributed by atoms with Crippen LogP contribution in [0.4, 0.5) is 5.69 Å². The summed E-state index contributed by atoms with van der Waals surface area (Å²) in [5, 5.41) is 12.1. The molecule has 0 fully saturated rings. The number of hydrogen-bond acceptors (Lipinski definition) is 5. The molecule has 26 heavy (non-hydrogen) atoms. The normalized spacial score (nSPS) is 10.5. The van der Waals surface area contributed by atoms with Crippen molar-refractivity contribution in [2.75, 3.05) is 5.32 Å². The van der Waals surface area contributed by atoms with Crippen LogP contribution in [-0.4, -0.2) is 22.8 Å². The second kappa shape index (κ2) is 7.23. The third kappa shape index (κ3) is 3.74. The van der Waals surface area contributed by atoms with E-state index in [2.05, 4.69) is 5.32 Å². The minimum atomic E-state index is -1.11. The highest BCUT2D eigenvalue weighted by atomic mass is 32.1. The van der Waals surface area contributed by atoms with E-state index >= 15 is 0 Å².